The highest BCUT2D eigenvalue weighted by atomic mass is 35.5. The number of rotatable bonds is 3. The van der Waals surface area contributed by atoms with Crippen molar-refractivity contribution in [1.29, 1.82) is 5.26 Å². The Labute approximate surface area is 114 Å². The zero-order chi connectivity index (χ0) is 13.2. The molecule has 0 aromatic heterocycles. The molecule has 1 aromatic carbocycles. The van der Waals surface area contributed by atoms with Gasteiger partial charge in [-0.25, -0.2) is 0 Å². The lowest BCUT2D eigenvalue weighted by Gasteiger charge is -2.18. The normalized spacial score (nSPS) is 21.8. The van der Waals surface area contributed by atoms with Gasteiger partial charge >= 0.3 is 0 Å². The standard InChI is InChI=1S/C15H19ClN2/c1-15(2)6-5-13(8-15)18-10-12-4-3-11(9-17)7-14(12)16/h3-4,7,13,18H,5-6,8,10H2,1-2H3. The Morgan fingerprint density at radius 2 is 2.28 bits per heavy atom. The van der Waals surface area contributed by atoms with Crippen LogP contribution in [0.25, 0.3) is 0 Å². The molecule has 18 heavy (non-hydrogen) atoms. The van der Waals surface area contributed by atoms with E-state index in [9.17, 15) is 0 Å². The highest BCUT2D eigenvalue weighted by molar-refractivity contribution is 6.31. The Kier molecular flexibility index (Phi) is 3.94. The van der Waals surface area contributed by atoms with Gasteiger partial charge in [-0.05, 0) is 42.4 Å². The Morgan fingerprint density at radius 3 is 2.83 bits per heavy atom. The van der Waals surface area contributed by atoms with Crippen molar-refractivity contribution in [1.82, 2.24) is 5.32 Å². The summed E-state index contributed by atoms with van der Waals surface area (Å²) in [4.78, 5) is 0. The van der Waals surface area contributed by atoms with Crippen LogP contribution in [0.1, 0.15) is 44.2 Å². The fourth-order valence-electron chi connectivity index (χ4n) is 2.62. The molecule has 0 radical (unpaired) electrons. The summed E-state index contributed by atoms with van der Waals surface area (Å²) in [6.45, 7) is 5.43. The van der Waals surface area contributed by atoms with E-state index in [1.165, 1.54) is 19.3 Å². The van der Waals surface area contributed by atoms with Crippen molar-refractivity contribution in [2.75, 3.05) is 0 Å². The van der Waals surface area contributed by atoms with E-state index >= 15 is 0 Å². The number of nitriles is 1. The highest BCUT2D eigenvalue weighted by Crippen LogP contribution is 2.37. The van der Waals surface area contributed by atoms with E-state index in [0.717, 1.165) is 12.1 Å². The molecule has 0 heterocycles. The van der Waals surface area contributed by atoms with Gasteiger partial charge in [-0.2, -0.15) is 5.26 Å². The second-order valence-corrected chi connectivity index (χ2v) is 6.31. The molecular weight excluding hydrogens is 244 g/mol. The average molecular weight is 263 g/mol. The van der Waals surface area contributed by atoms with Gasteiger partial charge in [-0.15, -0.1) is 0 Å². The van der Waals surface area contributed by atoms with E-state index in [2.05, 4.69) is 25.2 Å². The van der Waals surface area contributed by atoms with Gasteiger partial charge in [0, 0.05) is 17.6 Å². The molecule has 1 aliphatic carbocycles. The van der Waals surface area contributed by atoms with Crippen LogP contribution in [0.15, 0.2) is 18.2 Å². The molecule has 1 unspecified atom stereocenters. The minimum atomic E-state index is 0.464. The van der Waals surface area contributed by atoms with E-state index in [-0.39, 0.29) is 0 Å². The summed E-state index contributed by atoms with van der Waals surface area (Å²) in [5, 5.41) is 13.0. The van der Waals surface area contributed by atoms with E-state index < -0.39 is 0 Å². The summed E-state index contributed by atoms with van der Waals surface area (Å²) in [6.07, 6.45) is 3.74. The predicted molar refractivity (Wildman–Crippen MR) is 74.4 cm³/mol. The fourth-order valence-corrected chi connectivity index (χ4v) is 2.87. The molecule has 2 nitrogen and oxygen atoms in total. The third-order valence-electron chi connectivity index (χ3n) is 3.73. The van der Waals surface area contributed by atoms with E-state index in [1.807, 2.05) is 12.1 Å². The monoisotopic (exact) mass is 262 g/mol. The summed E-state index contributed by atoms with van der Waals surface area (Å²) in [7, 11) is 0. The van der Waals surface area contributed by atoms with Gasteiger partial charge in [0.2, 0.25) is 0 Å². The summed E-state index contributed by atoms with van der Waals surface area (Å²) < 4.78 is 0. The molecule has 1 saturated carbocycles. The van der Waals surface area contributed by atoms with Crippen molar-refractivity contribution in [3.63, 3.8) is 0 Å². The van der Waals surface area contributed by atoms with Crippen LogP contribution < -0.4 is 5.32 Å². The van der Waals surface area contributed by atoms with E-state index in [0.29, 0.717) is 22.0 Å². The molecule has 2 rings (SSSR count). The summed E-state index contributed by atoms with van der Waals surface area (Å²) >= 11 is 6.16. The molecule has 0 spiro atoms. The Balaban J connectivity index is 1.93. The summed E-state index contributed by atoms with van der Waals surface area (Å²) in [6, 6.07) is 8.18. The topological polar surface area (TPSA) is 35.8 Å². The fraction of sp³-hybridized carbons (Fsp3) is 0.533. The van der Waals surface area contributed by atoms with E-state index in [1.54, 1.807) is 6.07 Å². The summed E-state index contributed by atoms with van der Waals surface area (Å²) in [5.41, 5.74) is 2.15. The zero-order valence-corrected chi connectivity index (χ0v) is 11.7. The maximum Gasteiger partial charge on any atom is 0.0992 e. The minimum Gasteiger partial charge on any atom is -0.310 e. The van der Waals surface area contributed by atoms with Crippen LogP contribution in [0.4, 0.5) is 0 Å². The average Bonchev–Trinajstić information content (AvgIpc) is 2.67. The number of hydrogen-bond acceptors (Lipinski definition) is 2. The zero-order valence-electron chi connectivity index (χ0n) is 11.0. The SMILES string of the molecule is CC1(C)CCC(NCc2ccc(C#N)cc2Cl)C1. The number of halogens is 1. The molecule has 1 aliphatic rings. The number of benzene rings is 1. The third kappa shape index (κ3) is 3.25. The van der Waals surface area contributed by atoms with Gasteiger partial charge in [-0.3, -0.25) is 0 Å². The number of hydrogen-bond donors (Lipinski definition) is 1. The van der Waals surface area contributed by atoms with Crippen molar-refractivity contribution in [2.45, 2.75) is 45.7 Å². The lowest BCUT2D eigenvalue weighted by atomic mass is 9.92. The molecule has 1 N–H and O–H groups in total. The van der Waals surface area contributed by atoms with Crippen LogP contribution in [-0.2, 0) is 6.54 Å². The van der Waals surface area contributed by atoms with Crippen molar-refractivity contribution in [3.8, 4) is 6.07 Å². The van der Waals surface area contributed by atoms with Crippen LogP contribution in [0.3, 0.4) is 0 Å². The van der Waals surface area contributed by atoms with Crippen LogP contribution in [0.2, 0.25) is 5.02 Å². The molecular formula is C15H19ClN2. The second-order valence-electron chi connectivity index (χ2n) is 5.90. The van der Waals surface area contributed by atoms with E-state index in [4.69, 9.17) is 16.9 Å². The quantitative estimate of drug-likeness (QED) is 0.897. The maximum atomic E-state index is 8.79. The largest absolute Gasteiger partial charge is 0.310 e. The molecule has 3 heteroatoms. The van der Waals surface area contributed by atoms with Gasteiger partial charge in [0.1, 0.15) is 0 Å². The van der Waals surface area contributed by atoms with Crippen LogP contribution in [0.5, 0.6) is 0 Å². The lowest BCUT2D eigenvalue weighted by Crippen LogP contribution is -2.26. The first-order chi connectivity index (χ1) is 8.50. The molecule has 0 saturated heterocycles. The molecule has 1 fully saturated rings. The van der Waals surface area contributed by atoms with Gasteiger partial charge < -0.3 is 5.32 Å². The molecule has 0 aliphatic heterocycles. The van der Waals surface area contributed by atoms with Crippen LogP contribution in [-0.4, -0.2) is 6.04 Å². The van der Waals surface area contributed by atoms with Gasteiger partial charge in [0.25, 0.3) is 0 Å². The van der Waals surface area contributed by atoms with Crippen molar-refractivity contribution < 1.29 is 0 Å². The Hall–Kier alpha value is -1.04. The first-order valence-corrected chi connectivity index (χ1v) is 6.80. The molecule has 0 amide bonds. The third-order valence-corrected chi connectivity index (χ3v) is 4.08. The highest BCUT2D eigenvalue weighted by Gasteiger charge is 2.30. The molecule has 96 valence electrons. The molecule has 1 aromatic rings. The maximum absolute atomic E-state index is 8.79. The van der Waals surface area contributed by atoms with Crippen molar-refractivity contribution in [2.24, 2.45) is 5.41 Å². The number of nitrogens with one attached hydrogen (secondary N) is 1. The minimum absolute atomic E-state index is 0.464. The smallest absolute Gasteiger partial charge is 0.0992 e. The van der Waals surface area contributed by atoms with Gasteiger partial charge in [0.15, 0.2) is 0 Å². The number of nitrogens with zero attached hydrogens (tertiary/aromatic N) is 1. The van der Waals surface area contributed by atoms with Crippen LogP contribution in [0, 0.1) is 16.7 Å². The summed E-state index contributed by atoms with van der Waals surface area (Å²) in [5.74, 6) is 0. The first kappa shape index (κ1) is 13.4. The second kappa shape index (κ2) is 5.30. The van der Waals surface area contributed by atoms with Crippen LogP contribution >= 0.6 is 11.6 Å². The predicted octanol–water partition coefficient (Wildman–Crippen LogP) is 3.88. The lowest BCUT2D eigenvalue weighted by molar-refractivity contribution is 0.364. The van der Waals surface area contributed by atoms with Gasteiger partial charge in [0.05, 0.1) is 11.6 Å². The molecule has 0 bridgehead atoms. The first-order valence-electron chi connectivity index (χ1n) is 6.42. The van der Waals surface area contributed by atoms with Crippen molar-refractivity contribution >= 4 is 11.6 Å². The Morgan fingerprint density at radius 1 is 1.50 bits per heavy atom. The Bertz CT molecular complexity index is 474. The van der Waals surface area contributed by atoms with Crippen molar-refractivity contribution in [3.05, 3.63) is 34.3 Å². The van der Waals surface area contributed by atoms with Gasteiger partial charge in [-0.1, -0.05) is 31.5 Å². The molecule has 1 atom stereocenters.